The van der Waals surface area contributed by atoms with Crippen LogP contribution in [-0.2, 0) is 4.74 Å². The molecule has 1 unspecified atom stereocenters. The van der Waals surface area contributed by atoms with Gasteiger partial charge >= 0.3 is 6.09 Å². The van der Waals surface area contributed by atoms with Crippen molar-refractivity contribution in [3.05, 3.63) is 18.2 Å². The number of ether oxygens (including phenoxy) is 2. The minimum atomic E-state index is -0.530. The molecular weight excluding hydrogens is 294 g/mol. The van der Waals surface area contributed by atoms with Gasteiger partial charge in [-0.05, 0) is 52.3 Å². The summed E-state index contributed by atoms with van der Waals surface area (Å²) in [6.45, 7) is 7.38. The number of carbonyl (C=O) groups is 1. The van der Waals surface area contributed by atoms with Crippen LogP contribution in [-0.4, -0.2) is 37.9 Å². The van der Waals surface area contributed by atoms with Gasteiger partial charge in [0.1, 0.15) is 11.4 Å². The van der Waals surface area contributed by atoms with Crippen LogP contribution in [0.3, 0.4) is 0 Å². The van der Waals surface area contributed by atoms with Crippen LogP contribution < -0.4 is 20.7 Å². The maximum atomic E-state index is 12.0. The number of hydrogen-bond acceptors (Lipinski definition) is 5. The fourth-order valence-electron chi connectivity index (χ4n) is 2.48. The Labute approximate surface area is 137 Å². The molecular formula is C17H27N3O3. The molecule has 0 bridgehead atoms. The summed E-state index contributed by atoms with van der Waals surface area (Å²) < 4.78 is 10.6. The van der Waals surface area contributed by atoms with Gasteiger partial charge in [0.25, 0.3) is 0 Å². The first-order valence-corrected chi connectivity index (χ1v) is 8.03. The highest BCUT2D eigenvalue weighted by molar-refractivity contribution is 5.90. The lowest BCUT2D eigenvalue weighted by atomic mass is 10.2. The third-order valence-corrected chi connectivity index (χ3v) is 3.56. The molecule has 1 aromatic rings. The summed E-state index contributed by atoms with van der Waals surface area (Å²) in [5.41, 5.74) is 0.972. The first kappa shape index (κ1) is 17.4. The second-order valence-corrected chi connectivity index (χ2v) is 6.71. The van der Waals surface area contributed by atoms with Crippen LogP contribution in [0, 0.1) is 0 Å². The Kier molecular flexibility index (Phi) is 5.71. The van der Waals surface area contributed by atoms with Gasteiger partial charge in [0.15, 0.2) is 0 Å². The van der Waals surface area contributed by atoms with E-state index in [0.717, 1.165) is 30.9 Å². The van der Waals surface area contributed by atoms with Crippen molar-refractivity contribution in [3.8, 4) is 5.75 Å². The molecule has 1 saturated heterocycles. The van der Waals surface area contributed by atoms with Gasteiger partial charge in [-0.25, -0.2) is 4.79 Å². The molecule has 0 radical (unpaired) electrons. The van der Waals surface area contributed by atoms with Crippen LogP contribution in [0.15, 0.2) is 18.2 Å². The zero-order valence-corrected chi connectivity index (χ0v) is 14.4. The number of rotatable bonds is 5. The average molecular weight is 321 g/mol. The normalized spacial score (nSPS) is 17.7. The lowest BCUT2D eigenvalue weighted by molar-refractivity contribution is 0.0636. The molecule has 1 aliphatic heterocycles. The number of hydrogen-bond donors (Lipinski definition) is 3. The van der Waals surface area contributed by atoms with Gasteiger partial charge in [-0.15, -0.1) is 0 Å². The quantitative estimate of drug-likeness (QED) is 0.777. The minimum Gasteiger partial charge on any atom is -0.497 e. The molecule has 128 valence electrons. The Morgan fingerprint density at radius 1 is 1.35 bits per heavy atom. The SMILES string of the molecule is COc1ccc(NC(=O)OC(C)(C)C)c(NCC2CCCN2)c1. The fraction of sp³-hybridized carbons (Fsp3) is 0.588. The number of nitrogens with one attached hydrogen (secondary N) is 3. The maximum Gasteiger partial charge on any atom is 0.412 e. The van der Waals surface area contributed by atoms with E-state index in [1.165, 1.54) is 6.42 Å². The van der Waals surface area contributed by atoms with E-state index < -0.39 is 11.7 Å². The molecule has 0 aromatic heterocycles. The van der Waals surface area contributed by atoms with Gasteiger partial charge in [0.2, 0.25) is 0 Å². The smallest absolute Gasteiger partial charge is 0.412 e. The van der Waals surface area contributed by atoms with Crippen LogP contribution in [0.2, 0.25) is 0 Å². The predicted molar refractivity (Wildman–Crippen MR) is 92.4 cm³/mol. The molecule has 0 aliphatic carbocycles. The molecule has 1 amide bonds. The zero-order valence-electron chi connectivity index (χ0n) is 14.4. The minimum absolute atomic E-state index is 0.454. The number of carbonyl (C=O) groups excluding carboxylic acids is 1. The number of methoxy groups -OCH3 is 1. The Balaban J connectivity index is 2.05. The van der Waals surface area contributed by atoms with Crippen LogP contribution in [0.5, 0.6) is 5.75 Å². The summed E-state index contributed by atoms with van der Waals surface area (Å²) in [5.74, 6) is 0.738. The zero-order chi connectivity index (χ0) is 16.9. The monoisotopic (exact) mass is 321 g/mol. The standard InChI is InChI=1S/C17H27N3O3/c1-17(2,3)23-16(21)20-14-8-7-13(22-4)10-15(14)19-11-12-6-5-9-18-12/h7-8,10,12,18-19H,5-6,9,11H2,1-4H3,(H,20,21). The van der Waals surface area contributed by atoms with E-state index >= 15 is 0 Å². The van der Waals surface area contributed by atoms with E-state index in [4.69, 9.17) is 9.47 Å². The van der Waals surface area contributed by atoms with Crippen LogP contribution in [0.25, 0.3) is 0 Å². The van der Waals surface area contributed by atoms with Crippen LogP contribution in [0.4, 0.5) is 16.2 Å². The van der Waals surface area contributed by atoms with Crippen LogP contribution in [0.1, 0.15) is 33.6 Å². The van der Waals surface area contributed by atoms with E-state index in [-0.39, 0.29) is 0 Å². The van der Waals surface area contributed by atoms with E-state index in [2.05, 4.69) is 16.0 Å². The van der Waals surface area contributed by atoms with Crippen LogP contribution >= 0.6 is 0 Å². The van der Waals surface area contributed by atoms with Crippen molar-refractivity contribution >= 4 is 17.5 Å². The lowest BCUT2D eigenvalue weighted by Gasteiger charge is -2.21. The molecule has 1 aliphatic rings. The molecule has 2 rings (SSSR count). The summed E-state index contributed by atoms with van der Waals surface area (Å²) in [5, 5.41) is 9.62. The maximum absolute atomic E-state index is 12.0. The molecule has 3 N–H and O–H groups in total. The Morgan fingerprint density at radius 3 is 2.74 bits per heavy atom. The van der Waals surface area contributed by atoms with Gasteiger partial charge in [-0.2, -0.15) is 0 Å². The molecule has 1 aromatic carbocycles. The van der Waals surface area contributed by atoms with Crippen molar-refractivity contribution in [3.63, 3.8) is 0 Å². The molecule has 1 fully saturated rings. The summed E-state index contributed by atoms with van der Waals surface area (Å²) >= 11 is 0. The number of benzene rings is 1. The highest BCUT2D eigenvalue weighted by atomic mass is 16.6. The van der Waals surface area contributed by atoms with E-state index in [1.54, 1.807) is 7.11 Å². The highest BCUT2D eigenvalue weighted by Gasteiger charge is 2.18. The van der Waals surface area contributed by atoms with Crippen molar-refractivity contribution in [2.45, 2.75) is 45.3 Å². The topological polar surface area (TPSA) is 71.6 Å². The summed E-state index contributed by atoms with van der Waals surface area (Å²) in [6, 6.07) is 5.95. The Morgan fingerprint density at radius 2 is 2.13 bits per heavy atom. The van der Waals surface area contributed by atoms with Gasteiger partial charge in [0, 0.05) is 18.7 Å². The van der Waals surface area contributed by atoms with E-state index in [1.807, 2.05) is 39.0 Å². The first-order valence-electron chi connectivity index (χ1n) is 8.03. The highest BCUT2D eigenvalue weighted by Crippen LogP contribution is 2.28. The Hall–Kier alpha value is -1.95. The first-order chi connectivity index (χ1) is 10.9. The van der Waals surface area contributed by atoms with Crippen molar-refractivity contribution in [2.75, 3.05) is 30.8 Å². The fourth-order valence-corrected chi connectivity index (χ4v) is 2.48. The van der Waals surface area contributed by atoms with Gasteiger partial charge in [-0.3, -0.25) is 5.32 Å². The van der Waals surface area contributed by atoms with Crippen molar-refractivity contribution < 1.29 is 14.3 Å². The second kappa shape index (κ2) is 7.55. The van der Waals surface area contributed by atoms with Gasteiger partial charge < -0.3 is 20.1 Å². The summed E-state index contributed by atoms with van der Waals surface area (Å²) in [6.07, 6.45) is 1.89. The molecule has 0 spiro atoms. The molecule has 6 heteroatoms. The largest absolute Gasteiger partial charge is 0.497 e. The second-order valence-electron chi connectivity index (χ2n) is 6.71. The molecule has 1 heterocycles. The van der Waals surface area contributed by atoms with Crippen molar-refractivity contribution in [1.82, 2.24) is 5.32 Å². The van der Waals surface area contributed by atoms with Gasteiger partial charge in [0.05, 0.1) is 18.5 Å². The summed E-state index contributed by atoms with van der Waals surface area (Å²) in [4.78, 5) is 12.0. The van der Waals surface area contributed by atoms with Crippen molar-refractivity contribution in [2.24, 2.45) is 0 Å². The predicted octanol–water partition coefficient (Wildman–Crippen LogP) is 3.21. The molecule has 0 saturated carbocycles. The third kappa shape index (κ3) is 5.63. The van der Waals surface area contributed by atoms with Crippen molar-refractivity contribution in [1.29, 1.82) is 0 Å². The van der Waals surface area contributed by atoms with E-state index in [9.17, 15) is 4.79 Å². The number of amides is 1. The third-order valence-electron chi connectivity index (χ3n) is 3.56. The number of anilines is 2. The molecule has 6 nitrogen and oxygen atoms in total. The molecule has 1 atom stereocenters. The Bertz CT molecular complexity index is 534. The lowest BCUT2D eigenvalue weighted by Crippen LogP contribution is -2.30. The van der Waals surface area contributed by atoms with E-state index in [0.29, 0.717) is 11.7 Å². The van der Waals surface area contributed by atoms with Gasteiger partial charge in [-0.1, -0.05) is 0 Å². The molecule has 23 heavy (non-hydrogen) atoms. The average Bonchev–Trinajstić information content (AvgIpc) is 2.97. The summed E-state index contributed by atoms with van der Waals surface area (Å²) in [7, 11) is 1.62.